The molecule has 2 aromatic rings. The molecule has 0 bridgehead atoms. The first-order chi connectivity index (χ1) is 29.4. The number of unbranched alkanes of at least 4 members (excludes halogenated alkanes) is 18. The number of rotatable bonds is 40. The van der Waals surface area contributed by atoms with Gasteiger partial charge < -0.3 is 28.1 Å². The first-order valence-corrected chi connectivity index (χ1v) is 25.7. The SMILES string of the molecule is CCCCCc1cc(C)c(CCCCCCCCCCCCC(=O)OC[C@H](COP(=O)(O)OCCN(C)C)OC(=O)CCCCCCCCc2oc(CCCCC)cc2C)o1. The molecule has 61 heavy (non-hydrogen) atoms. The highest BCUT2D eigenvalue weighted by molar-refractivity contribution is 7.47. The van der Waals surface area contributed by atoms with E-state index in [2.05, 4.69) is 39.8 Å². The van der Waals surface area contributed by atoms with Crippen LogP contribution >= 0.6 is 7.82 Å². The van der Waals surface area contributed by atoms with Crippen molar-refractivity contribution in [3.05, 3.63) is 46.3 Å². The first-order valence-electron chi connectivity index (χ1n) is 24.2. The Bertz CT molecular complexity index is 1470. The second-order valence-electron chi connectivity index (χ2n) is 17.4. The third kappa shape index (κ3) is 28.1. The molecule has 11 nitrogen and oxygen atoms in total. The fraction of sp³-hybridized carbons (Fsp3) is 0.796. The summed E-state index contributed by atoms with van der Waals surface area (Å²) in [5.74, 6) is 3.69. The molecule has 0 saturated carbocycles. The van der Waals surface area contributed by atoms with Crippen LogP contribution in [-0.4, -0.2) is 68.3 Å². The smallest absolute Gasteiger partial charge is 0.466 e. The third-order valence-corrected chi connectivity index (χ3v) is 12.2. The Hall–Kier alpha value is -2.43. The Balaban J connectivity index is 1.59. The summed E-state index contributed by atoms with van der Waals surface area (Å²) >= 11 is 0. The first kappa shape index (κ1) is 54.7. The van der Waals surface area contributed by atoms with E-state index in [-0.39, 0.29) is 32.0 Å². The van der Waals surface area contributed by atoms with Crippen molar-refractivity contribution >= 4 is 19.8 Å². The summed E-state index contributed by atoms with van der Waals surface area (Å²) in [6, 6.07) is 4.41. The lowest BCUT2D eigenvalue weighted by Gasteiger charge is -2.20. The molecule has 2 atom stereocenters. The highest BCUT2D eigenvalue weighted by Gasteiger charge is 2.26. The molecular weight excluding hydrogens is 794 g/mol. The molecule has 0 aliphatic carbocycles. The number of phosphoric ester groups is 1. The normalized spacial score (nSPS) is 13.2. The lowest BCUT2D eigenvalue weighted by Crippen LogP contribution is -2.29. The van der Waals surface area contributed by atoms with Crippen LogP contribution in [0.2, 0.25) is 0 Å². The molecule has 0 aromatic carbocycles. The number of ether oxygens (including phenoxy) is 2. The molecule has 1 N–H and O–H groups in total. The number of phosphoric acid groups is 1. The maximum absolute atomic E-state index is 12.8. The van der Waals surface area contributed by atoms with E-state index in [0.717, 1.165) is 101 Å². The number of esters is 2. The van der Waals surface area contributed by atoms with Crippen LogP contribution in [0.4, 0.5) is 0 Å². The van der Waals surface area contributed by atoms with Crippen molar-refractivity contribution in [2.75, 3.05) is 40.5 Å². The molecule has 352 valence electrons. The van der Waals surface area contributed by atoms with Crippen LogP contribution in [0.3, 0.4) is 0 Å². The second-order valence-corrected chi connectivity index (χ2v) is 18.9. The van der Waals surface area contributed by atoms with Crippen LogP contribution in [0.5, 0.6) is 0 Å². The van der Waals surface area contributed by atoms with Gasteiger partial charge in [0.25, 0.3) is 0 Å². The largest absolute Gasteiger partial charge is 0.472 e. The average molecular weight is 880 g/mol. The van der Waals surface area contributed by atoms with Gasteiger partial charge in [0.1, 0.15) is 29.6 Å². The highest BCUT2D eigenvalue weighted by atomic mass is 31.2. The molecule has 2 rings (SSSR count). The van der Waals surface area contributed by atoms with Gasteiger partial charge in [-0.1, -0.05) is 117 Å². The lowest BCUT2D eigenvalue weighted by molar-refractivity contribution is -0.161. The summed E-state index contributed by atoms with van der Waals surface area (Å²) in [4.78, 5) is 37.3. The Labute approximate surface area is 370 Å². The number of aryl methyl sites for hydroxylation is 6. The molecule has 2 heterocycles. The fourth-order valence-corrected chi connectivity index (χ4v) is 8.17. The van der Waals surface area contributed by atoms with E-state index in [4.69, 9.17) is 27.4 Å². The highest BCUT2D eigenvalue weighted by Crippen LogP contribution is 2.43. The van der Waals surface area contributed by atoms with E-state index < -0.39 is 26.5 Å². The van der Waals surface area contributed by atoms with E-state index in [9.17, 15) is 19.0 Å². The second kappa shape index (κ2) is 34.0. The van der Waals surface area contributed by atoms with Gasteiger partial charge in [0.15, 0.2) is 6.10 Å². The van der Waals surface area contributed by atoms with E-state index in [1.807, 2.05) is 19.0 Å². The summed E-state index contributed by atoms with van der Waals surface area (Å²) < 4.78 is 45.9. The van der Waals surface area contributed by atoms with Crippen LogP contribution < -0.4 is 0 Å². The van der Waals surface area contributed by atoms with Gasteiger partial charge in [0.2, 0.25) is 0 Å². The van der Waals surface area contributed by atoms with Gasteiger partial charge in [-0.2, -0.15) is 0 Å². The van der Waals surface area contributed by atoms with Crippen LogP contribution in [0.15, 0.2) is 21.0 Å². The van der Waals surface area contributed by atoms with Crippen molar-refractivity contribution in [1.82, 2.24) is 4.90 Å². The predicted octanol–water partition coefficient (Wildman–Crippen LogP) is 12.9. The number of carbonyl (C=O) groups is 2. The van der Waals surface area contributed by atoms with E-state index in [1.54, 1.807) is 0 Å². The molecule has 0 spiro atoms. The van der Waals surface area contributed by atoms with E-state index >= 15 is 0 Å². The summed E-state index contributed by atoms with van der Waals surface area (Å²) in [5, 5.41) is 0. The number of nitrogens with zero attached hydrogens (tertiary/aromatic N) is 1. The molecular formula is C49H86NO10P. The Morgan fingerprint density at radius 3 is 1.49 bits per heavy atom. The number of likely N-dealkylation sites (N-methyl/N-ethyl adjacent to an activating group) is 1. The number of hydrogen-bond acceptors (Lipinski definition) is 10. The minimum atomic E-state index is -4.39. The molecule has 0 aliphatic rings. The van der Waals surface area contributed by atoms with Crippen LogP contribution in [-0.2, 0) is 58.4 Å². The van der Waals surface area contributed by atoms with Crippen molar-refractivity contribution in [3.8, 4) is 0 Å². The van der Waals surface area contributed by atoms with Gasteiger partial charge in [-0.25, -0.2) is 4.57 Å². The summed E-state index contributed by atoms with van der Waals surface area (Å²) in [6.07, 6.45) is 27.9. The zero-order valence-electron chi connectivity index (χ0n) is 39.4. The summed E-state index contributed by atoms with van der Waals surface area (Å²) in [7, 11) is -0.744. The minimum absolute atomic E-state index is 0.00432. The monoisotopic (exact) mass is 880 g/mol. The topological polar surface area (TPSA) is 138 Å². The average Bonchev–Trinajstić information content (AvgIpc) is 3.76. The maximum atomic E-state index is 12.8. The predicted molar refractivity (Wildman–Crippen MR) is 245 cm³/mol. The van der Waals surface area contributed by atoms with E-state index in [0.29, 0.717) is 13.0 Å². The van der Waals surface area contributed by atoms with E-state index in [1.165, 1.54) is 93.9 Å². The van der Waals surface area contributed by atoms with Gasteiger partial charge in [0.05, 0.1) is 13.2 Å². The van der Waals surface area contributed by atoms with Gasteiger partial charge in [-0.3, -0.25) is 18.6 Å². The van der Waals surface area contributed by atoms with Gasteiger partial charge in [-0.15, -0.1) is 0 Å². The van der Waals surface area contributed by atoms with Crippen molar-refractivity contribution < 1.29 is 46.4 Å². The molecule has 12 heteroatoms. The molecule has 1 unspecified atom stereocenters. The summed E-state index contributed by atoms with van der Waals surface area (Å²) in [6.45, 7) is 8.49. The van der Waals surface area contributed by atoms with Gasteiger partial charge in [-0.05, 0) is 89.7 Å². The number of furan rings is 2. The lowest BCUT2D eigenvalue weighted by atomic mass is 10.0. The molecule has 0 aliphatic heterocycles. The molecule has 0 saturated heterocycles. The summed E-state index contributed by atoms with van der Waals surface area (Å²) in [5.41, 5.74) is 2.55. The Morgan fingerprint density at radius 2 is 1.03 bits per heavy atom. The number of carbonyl (C=O) groups excluding carboxylic acids is 2. The van der Waals surface area contributed by atoms with Crippen molar-refractivity contribution in [2.45, 2.75) is 214 Å². The standard InChI is InChI=1S/C49H86NO10P/c1-7-9-23-29-43-37-41(3)46(58-43)31-25-19-15-13-11-12-14-16-21-27-33-48(51)55-39-45(40-57-61(53,54)56-36-35-50(5)6)60-49(52)34-28-22-18-17-20-26-32-47-42(4)38-44(59-47)30-24-10-8-2/h37-38,45H,7-36,39-40H2,1-6H3,(H,53,54)/t45-/m1/s1. The zero-order valence-corrected chi connectivity index (χ0v) is 40.3. The number of hydrogen-bond donors (Lipinski definition) is 1. The van der Waals surface area contributed by atoms with Crippen LogP contribution in [0, 0.1) is 13.8 Å². The van der Waals surface area contributed by atoms with Crippen molar-refractivity contribution in [1.29, 1.82) is 0 Å². The van der Waals surface area contributed by atoms with Crippen LogP contribution in [0.1, 0.15) is 202 Å². The molecule has 0 amide bonds. The Kier molecular flexibility index (Phi) is 30.5. The Morgan fingerprint density at radius 1 is 0.607 bits per heavy atom. The third-order valence-electron chi connectivity index (χ3n) is 11.2. The van der Waals surface area contributed by atoms with Crippen molar-refractivity contribution in [2.24, 2.45) is 0 Å². The maximum Gasteiger partial charge on any atom is 0.472 e. The molecule has 0 fully saturated rings. The molecule has 2 aromatic heterocycles. The quantitative estimate of drug-likeness (QED) is 0.0389. The zero-order chi connectivity index (χ0) is 44.6. The molecule has 0 radical (unpaired) electrons. The fourth-order valence-electron chi connectivity index (χ4n) is 7.43. The van der Waals surface area contributed by atoms with Crippen LogP contribution in [0.25, 0.3) is 0 Å². The van der Waals surface area contributed by atoms with Gasteiger partial charge in [0, 0.05) is 45.1 Å². The van der Waals surface area contributed by atoms with Gasteiger partial charge >= 0.3 is 19.8 Å². The van der Waals surface area contributed by atoms with Crippen molar-refractivity contribution in [3.63, 3.8) is 0 Å². The minimum Gasteiger partial charge on any atom is -0.466 e.